The van der Waals surface area contributed by atoms with Crippen LogP contribution in [0.4, 0.5) is 5.69 Å². The molecule has 0 atom stereocenters. The van der Waals surface area contributed by atoms with Gasteiger partial charge < -0.3 is 15.0 Å². The minimum atomic E-state index is -0.248. The van der Waals surface area contributed by atoms with Crippen molar-refractivity contribution in [2.75, 3.05) is 31.3 Å². The van der Waals surface area contributed by atoms with Gasteiger partial charge in [-0.05, 0) is 68.6 Å². The number of benzene rings is 2. The first-order valence-corrected chi connectivity index (χ1v) is 9.75. The summed E-state index contributed by atoms with van der Waals surface area (Å²) in [7, 11) is 0. The molecule has 2 amide bonds. The zero-order valence-electron chi connectivity index (χ0n) is 15.3. The Balaban J connectivity index is 1.87. The van der Waals surface area contributed by atoms with Gasteiger partial charge in [0, 0.05) is 29.2 Å². The lowest BCUT2D eigenvalue weighted by Crippen LogP contribution is -2.30. The number of carbonyl (C=O) groups excluding carboxylic acids is 2. The third kappa shape index (κ3) is 5.52. The summed E-state index contributed by atoms with van der Waals surface area (Å²) >= 11 is 1.65. The maximum Gasteiger partial charge on any atom is 0.262 e. The summed E-state index contributed by atoms with van der Waals surface area (Å²) in [5.41, 5.74) is 1.24. The summed E-state index contributed by atoms with van der Waals surface area (Å²) in [6, 6.07) is 14.5. The number of hydrogen-bond acceptors (Lipinski definition) is 4. The van der Waals surface area contributed by atoms with E-state index in [0.717, 1.165) is 4.90 Å². The van der Waals surface area contributed by atoms with Crippen molar-refractivity contribution in [2.45, 2.75) is 18.7 Å². The zero-order chi connectivity index (χ0) is 18.9. The van der Waals surface area contributed by atoms with Gasteiger partial charge in [0.05, 0.1) is 0 Å². The number of anilines is 1. The van der Waals surface area contributed by atoms with Crippen LogP contribution in [-0.2, 0) is 4.79 Å². The van der Waals surface area contributed by atoms with Crippen molar-refractivity contribution in [2.24, 2.45) is 0 Å². The molecule has 6 heteroatoms. The molecule has 0 bridgehead atoms. The minimum Gasteiger partial charge on any atom is -0.484 e. The number of carbonyl (C=O) groups is 2. The molecule has 2 aromatic carbocycles. The van der Waals surface area contributed by atoms with Crippen molar-refractivity contribution >= 4 is 29.3 Å². The van der Waals surface area contributed by atoms with Crippen LogP contribution in [0, 0.1) is 0 Å². The molecule has 0 heterocycles. The second-order valence-electron chi connectivity index (χ2n) is 5.57. The molecule has 0 radical (unpaired) electrons. The molecule has 0 spiro atoms. The molecule has 0 aliphatic carbocycles. The Bertz CT molecular complexity index is 726. The predicted molar refractivity (Wildman–Crippen MR) is 106 cm³/mol. The van der Waals surface area contributed by atoms with Gasteiger partial charge in [-0.1, -0.05) is 0 Å². The molecule has 0 saturated heterocycles. The largest absolute Gasteiger partial charge is 0.484 e. The van der Waals surface area contributed by atoms with Crippen molar-refractivity contribution < 1.29 is 14.3 Å². The van der Waals surface area contributed by atoms with E-state index < -0.39 is 0 Å². The Morgan fingerprint density at radius 1 is 1.00 bits per heavy atom. The lowest BCUT2D eigenvalue weighted by molar-refractivity contribution is -0.118. The van der Waals surface area contributed by atoms with Crippen molar-refractivity contribution in [1.82, 2.24) is 4.90 Å². The van der Waals surface area contributed by atoms with Gasteiger partial charge in [0.15, 0.2) is 6.61 Å². The van der Waals surface area contributed by atoms with E-state index in [-0.39, 0.29) is 18.4 Å². The number of thioether (sulfide) groups is 1. The van der Waals surface area contributed by atoms with Crippen LogP contribution in [0.5, 0.6) is 5.75 Å². The van der Waals surface area contributed by atoms with Gasteiger partial charge in [0.1, 0.15) is 5.75 Å². The molecule has 2 aromatic rings. The van der Waals surface area contributed by atoms with Crippen LogP contribution in [-0.4, -0.2) is 42.7 Å². The SMILES string of the molecule is CCN(CC)C(=O)c1ccc(NC(=O)COc2ccc(SC)cc2)cc1. The van der Waals surface area contributed by atoms with Gasteiger partial charge in [-0.2, -0.15) is 0 Å². The van der Waals surface area contributed by atoms with Crippen molar-refractivity contribution in [1.29, 1.82) is 0 Å². The number of nitrogens with zero attached hydrogens (tertiary/aromatic N) is 1. The van der Waals surface area contributed by atoms with Gasteiger partial charge in [0.25, 0.3) is 11.8 Å². The third-order valence-corrected chi connectivity index (χ3v) is 4.64. The fourth-order valence-corrected chi connectivity index (χ4v) is 2.82. The van der Waals surface area contributed by atoms with E-state index in [2.05, 4.69) is 5.32 Å². The van der Waals surface area contributed by atoms with Crippen LogP contribution >= 0.6 is 11.8 Å². The van der Waals surface area contributed by atoms with Gasteiger partial charge in [-0.3, -0.25) is 9.59 Å². The van der Waals surface area contributed by atoms with E-state index in [9.17, 15) is 9.59 Å². The molecule has 138 valence electrons. The van der Waals surface area contributed by atoms with Crippen LogP contribution in [0.25, 0.3) is 0 Å². The van der Waals surface area contributed by atoms with Crippen molar-refractivity contribution in [3.8, 4) is 5.75 Å². The molecule has 26 heavy (non-hydrogen) atoms. The van der Waals surface area contributed by atoms with E-state index >= 15 is 0 Å². The van der Waals surface area contributed by atoms with E-state index in [1.165, 1.54) is 0 Å². The normalized spacial score (nSPS) is 10.3. The van der Waals surface area contributed by atoms with Crippen LogP contribution in [0.15, 0.2) is 53.4 Å². The molecule has 2 rings (SSSR count). The molecule has 0 aromatic heterocycles. The quantitative estimate of drug-likeness (QED) is 0.714. The molecule has 0 aliphatic rings. The number of amides is 2. The predicted octanol–water partition coefficient (Wildman–Crippen LogP) is 3.91. The molecule has 5 nitrogen and oxygen atoms in total. The molecule has 0 fully saturated rings. The summed E-state index contributed by atoms with van der Waals surface area (Å²) in [5.74, 6) is 0.393. The van der Waals surface area contributed by atoms with Gasteiger partial charge in [-0.15, -0.1) is 11.8 Å². The Morgan fingerprint density at radius 3 is 2.15 bits per heavy atom. The first-order chi connectivity index (χ1) is 12.6. The first-order valence-electron chi connectivity index (χ1n) is 8.53. The summed E-state index contributed by atoms with van der Waals surface area (Å²) in [4.78, 5) is 27.2. The third-order valence-electron chi connectivity index (χ3n) is 3.90. The summed E-state index contributed by atoms with van der Waals surface area (Å²) in [6.45, 7) is 5.17. The Hall–Kier alpha value is -2.47. The number of rotatable bonds is 8. The van der Waals surface area contributed by atoms with E-state index in [0.29, 0.717) is 30.1 Å². The maximum atomic E-state index is 12.3. The maximum absolute atomic E-state index is 12.3. The second kappa shape index (κ2) is 9.87. The Labute approximate surface area is 158 Å². The van der Waals surface area contributed by atoms with Gasteiger partial charge in [0.2, 0.25) is 0 Å². The van der Waals surface area contributed by atoms with Crippen LogP contribution < -0.4 is 10.1 Å². The summed E-state index contributed by atoms with van der Waals surface area (Å²) < 4.78 is 5.48. The lowest BCUT2D eigenvalue weighted by Gasteiger charge is -2.18. The number of hydrogen-bond donors (Lipinski definition) is 1. The van der Waals surface area contributed by atoms with E-state index in [1.807, 2.05) is 44.4 Å². The number of nitrogens with one attached hydrogen (secondary N) is 1. The van der Waals surface area contributed by atoms with Crippen molar-refractivity contribution in [3.05, 3.63) is 54.1 Å². The number of ether oxygens (including phenoxy) is 1. The molecule has 1 N–H and O–H groups in total. The monoisotopic (exact) mass is 372 g/mol. The fourth-order valence-electron chi connectivity index (χ4n) is 2.41. The van der Waals surface area contributed by atoms with Crippen LogP contribution in [0.3, 0.4) is 0 Å². The van der Waals surface area contributed by atoms with Gasteiger partial charge >= 0.3 is 0 Å². The van der Waals surface area contributed by atoms with Crippen LogP contribution in [0.2, 0.25) is 0 Å². The van der Waals surface area contributed by atoms with Crippen molar-refractivity contribution in [3.63, 3.8) is 0 Å². The van der Waals surface area contributed by atoms with Crippen LogP contribution in [0.1, 0.15) is 24.2 Å². The first kappa shape index (κ1) is 19.8. The highest BCUT2D eigenvalue weighted by Gasteiger charge is 2.12. The Kier molecular flexibility index (Phi) is 7.53. The highest BCUT2D eigenvalue weighted by molar-refractivity contribution is 7.98. The smallest absolute Gasteiger partial charge is 0.262 e. The average molecular weight is 372 g/mol. The highest BCUT2D eigenvalue weighted by Crippen LogP contribution is 2.19. The Morgan fingerprint density at radius 2 is 1.62 bits per heavy atom. The molecule has 0 saturated carbocycles. The van der Waals surface area contributed by atoms with E-state index in [1.54, 1.807) is 40.9 Å². The molecule has 0 aliphatic heterocycles. The molecular weight excluding hydrogens is 348 g/mol. The average Bonchev–Trinajstić information content (AvgIpc) is 2.68. The van der Waals surface area contributed by atoms with E-state index in [4.69, 9.17) is 4.74 Å². The fraction of sp³-hybridized carbons (Fsp3) is 0.300. The summed E-state index contributed by atoms with van der Waals surface area (Å²) in [5, 5.41) is 2.77. The topological polar surface area (TPSA) is 58.6 Å². The lowest BCUT2D eigenvalue weighted by atomic mass is 10.2. The van der Waals surface area contributed by atoms with Gasteiger partial charge in [-0.25, -0.2) is 0 Å². The molecule has 0 unspecified atom stereocenters. The summed E-state index contributed by atoms with van der Waals surface area (Å²) in [6.07, 6.45) is 2.00. The minimum absolute atomic E-state index is 0.00935. The second-order valence-corrected chi connectivity index (χ2v) is 6.45. The highest BCUT2D eigenvalue weighted by atomic mass is 32.2. The molecular formula is C20H24N2O3S. The zero-order valence-corrected chi connectivity index (χ0v) is 16.1. The standard InChI is InChI=1S/C20H24N2O3S/c1-4-22(5-2)20(24)15-6-8-16(9-7-15)21-19(23)14-25-17-10-12-18(26-3)13-11-17/h6-13H,4-5,14H2,1-3H3,(H,21,23).